The Morgan fingerprint density at radius 2 is 0.967 bits per heavy atom. The number of phosphoric ester groups is 1. The van der Waals surface area contributed by atoms with Crippen LogP contribution in [0.25, 0.3) is 0 Å². The summed E-state index contributed by atoms with van der Waals surface area (Å²) in [6, 6.07) is 0. The minimum Gasteiger partial charge on any atom is -0.457 e. The van der Waals surface area contributed by atoms with E-state index in [1.807, 2.05) is 21.1 Å². The standard InChI is InChI=1S/C51H96NO7P/c1-6-8-10-12-14-16-18-20-22-23-24-25-26-27-28-29-31-33-35-37-39-41-43-46-56-48-50(49-58-60(54,55)57-47-45-52(3,4)5)59-51(53)44-42-40-38-36-34-32-30-21-19-17-15-13-11-9-7-2/h9,11,15,17,21,30,34,36,50H,6-8,10,12-14,16,18-20,22-29,31-33,35,37-49H2,1-5H3/p+1/b11-9-,17-15-,30-21-,36-34-. The first-order valence-electron chi connectivity index (χ1n) is 24.9. The molecule has 0 aliphatic rings. The highest BCUT2D eigenvalue weighted by atomic mass is 31.2. The maximum Gasteiger partial charge on any atom is 0.472 e. The number of rotatable bonds is 46. The molecule has 0 amide bonds. The van der Waals surface area contributed by atoms with Crippen molar-refractivity contribution in [2.45, 2.75) is 219 Å². The van der Waals surface area contributed by atoms with E-state index in [0.29, 0.717) is 24.1 Å². The smallest absolute Gasteiger partial charge is 0.457 e. The predicted molar refractivity (Wildman–Crippen MR) is 256 cm³/mol. The summed E-state index contributed by atoms with van der Waals surface area (Å²) in [5, 5.41) is 0. The molecule has 0 saturated carbocycles. The summed E-state index contributed by atoms with van der Waals surface area (Å²) >= 11 is 0. The van der Waals surface area contributed by atoms with Crippen LogP contribution < -0.4 is 0 Å². The Labute approximate surface area is 371 Å². The van der Waals surface area contributed by atoms with E-state index in [0.717, 1.165) is 51.4 Å². The quantitative estimate of drug-likeness (QED) is 0.0214. The number of carbonyl (C=O) groups is 1. The maximum absolute atomic E-state index is 12.7. The molecule has 8 nitrogen and oxygen atoms in total. The minimum absolute atomic E-state index is 0.0804. The molecule has 0 spiro atoms. The van der Waals surface area contributed by atoms with E-state index >= 15 is 0 Å². The summed E-state index contributed by atoms with van der Waals surface area (Å²) < 4.78 is 35.0. The van der Waals surface area contributed by atoms with Gasteiger partial charge in [-0.15, -0.1) is 0 Å². The third kappa shape index (κ3) is 47.5. The fourth-order valence-corrected chi connectivity index (χ4v) is 7.58. The number of likely N-dealkylation sites (N-methyl/N-ethyl adjacent to an activating group) is 1. The predicted octanol–water partition coefficient (Wildman–Crippen LogP) is 15.1. The largest absolute Gasteiger partial charge is 0.472 e. The highest BCUT2D eigenvalue weighted by Gasteiger charge is 2.26. The lowest BCUT2D eigenvalue weighted by molar-refractivity contribution is -0.870. The van der Waals surface area contributed by atoms with Crippen molar-refractivity contribution in [2.24, 2.45) is 0 Å². The fraction of sp³-hybridized carbons (Fsp3) is 0.824. The van der Waals surface area contributed by atoms with Crippen LogP contribution in [0.5, 0.6) is 0 Å². The molecule has 9 heteroatoms. The first-order valence-corrected chi connectivity index (χ1v) is 26.4. The van der Waals surface area contributed by atoms with Gasteiger partial charge in [-0.3, -0.25) is 13.8 Å². The van der Waals surface area contributed by atoms with Crippen LogP contribution in [0.1, 0.15) is 213 Å². The Balaban J connectivity index is 4.13. The van der Waals surface area contributed by atoms with Gasteiger partial charge in [0.1, 0.15) is 19.3 Å². The number of allylic oxidation sites excluding steroid dienone is 8. The zero-order valence-corrected chi connectivity index (χ0v) is 40.8. The molecule has 60 heavy (non-hydrogen) atoms. The number of esters is 1. The van der Waals surface area contributed by atoms with E-state index in [1.165, 1.54) is 135 Å². The summed E-state index contributed by atoms with van der Waals surface area (Å²) in [6.07, 6.45) is 54.6. The highest BCUT2D eigenvalue weighted by molar-refractivity contribution is 7.47. The van der Waals surface area contributed by atoms with Gasteiger partial charge in [-0.2, -0.15) is 0 Å². The van der Waals surface area contributed by atoms with Crippen molar-refractivity contribution in [3.8, 4) is 0 Å². The second-order valence-electron chi connectivity index (χ2n) is 17.8. The Morgan fingerprint density at radius 1 is 0.533 bits per heavy atom. The molecule has 1 N–H and O–H groups in total. The van der Waals surface area contributed by atoms with Gasteiger partial charge in [0.15, 0.2) is 0 Å². The van der Waals surface area contributed by atoms with Crippen molar-refractivity contribution >= 4 is 13.8 Å². The van der Waals surface area contributed by atoms with Crippen LogP contribution in [-0.4, -0.2) is 75.6 Å². The van der Waals surface area contributed by atoms with E-state index in [-0.39, 0.29) is 32.2 Å². The van der Waals surface area contributed by atoms with Crippen molar-refractivity contribution in [3.05, 3.63) is 48.6 Å². The van der Waals surface area contributed by atoms with Gasteiger partial charge in [-0.25, -0.2) is 4.57 Å². The lowest BCUT2D eigenvalue weighted by Gasteiger charge is -2.24. The van der Waals surface area contributed by atoms with Crippen molar-refractivity contribution < 1.29 is 37.3 Å². The van der Waals surface area contributed by atoms with Crippen molar-refractivity contribution in [2.75, 3.05) is 54.1 Å². The van der Waals surface area contributed by atoms with Crippen molar-refractivity contribution in [3.63, 3.8) is 0 Å². The van der Waals surface area contributed by atoms with E-state index in [1.54, 1.807) is 0 Å². The highest BCUT2D eigenvalue weighted by Crippen LogP contribution is 2.43. The van der Waals surface area contributed by atoms with Gasteiger partial charge in [0, 0.05) is 13.0 Å². The summed E-state index contributed by atoms with van der Waals surface area (Å²) in [5.74, 6) is -0.351. The molecule has 0 fully saturated rings. The molecule has 0 aliphatic carbocycles. The van der Waals surface area contributed by atoms with Crippen LogP contribution in [0.2, 0.25) is 0 Å². The first-order chi connectivity index (χ1) is 29.1. The summed E-state index contributed by atoms with van der Waals surface area (Å²) in [4.78, 5) is 22.9. The second-order valence-corrected chi connectivity index (χ2v) is 19.3. The van der Waals surface area contributed by atoms with Crippen LogP contribution in [-0.2, 0) is 27.9 Å². The van der Waals surface area contributed by atoms with Gasteiger partial charge < -0.3 is 18.9 Å². The molecule has 0 aromatic rings. The zero-order valence-electron chi connectivity index (χ0n) is 39.9. The number of ether oxygens (including phenoxy) is 2. The van der Waals surface area contributed by atoms with Gasteiger partial charge in [0.2, 0.25) is 0 Å². The molecule has 0 heterocycles. The number of hydrogen-bond acceptors (Lipinski definition) is 6. The van der Waals surface area contributed by atoms with Gasteiger partial charge in [-0.05, 0) is 51.4 Å². The Bertz CT molecular complexity index is 1100. The maximum atomic E-state index is 12.7. The number of phosphoric acid groups is 1. The van der Waals surface area contributed by atoms with Crippen LogP contribution in [0.4, 0.5) is 0 Å². The van der Waals surface area contributed by atoms with Crippen LogP contribution in [0, 0.1) is 0 Å². The zero-order chi connectivity index (χ0) is 44.1. The van der Waals surface area contributed by atoms with Crippen molar-refractivity contribution in [1.82, 2.24) is 0 Å². The molecule has 0 radical (unpaired) electrons. The Morgan fingerprint density at radius 3 is 1.42 bits per heavy atom. The van der Waals surface area contributed by atoms with Crippen LogP contribution in [0.15, 0.2) is 48.6 Å². The average Bonchev–Trinajstić information content (AvgIpc) is 3.20. The lowest BCUT2D eigenvalue weighted by Crippen LogP contribution is -2.37. The molecular weight excluding hydrogens is 770 g/mol. The summed E-state index contributed by atoms with van der Waals surface area (Å²) in [7, 11) is 1.64. The van der Waals surface area contributed by atoms with Gasteiger partial charge in [0.05, 0.1) is 34.4 Å². The lowest BCUT2D eigenvalue weighted by atomic mass is 10.0. The average molecular weight is 867 g/mol. The molecule has 0 bridgehead atoms. The van der Waals surface area contributed by atoms with E-state index in [4.69, 9.17) is 18.5 Å². The van der Waals surface area contributed by atoms with E-state index in [2.05, 4.69) is 62.5 Å². The number of nitrogens with zero attached hydrogens (tertiary/aromatic N) is 1. The number of carbonyl (C=O) groups excluding carboxylic acids is 1. The third-order valence-electron chi connectivity index (χ3n) is 10.7. The van der Waals surface area contributed by atoms with Gasteiger partial charge >= 0.3 is 13.8 Å². The second kappa shape index (κ2) is 44.1. The molecule has 0 saturated heterocycles. The van der Waals surface area contributed by atoms with Gasteiger partial charge in [-0.1, -0.05) is 204 Å². The third-order valence-corrected chi connectivity index (χ3v) is 11.6. The Hall–Kier alpha value is -1.54. The SMILES string of the molecule is CC/C=C\C/C=C\C/C=C\C/C=C\CCCCC(=O)OC(COCCCCCCCCCCCCCCCCCCCCCCCCC)COP(=O)(O)OCC[N+](C)(C)C. The molecule has 2 unspecified atom stereocenters. The Kier molecular flexibility index (Phi) is 43.0. The topological polar surface area (TPSA) is 91.3 Å². The molecule has 0 aromatic carbocycles. The van der Waals surface area contributed by atoms with Crippen molar-refractivity contribution in [1.29, 1.82) is 0 Å². The fourth-order valence-electron chi connectivity index (χ4n) is 6.84. The normalized spacial score (nSPS) is 14.0. The molecule has 0 rings (SSSR count). The molecule has 0 aliphatic heterocycles. The minimum atomic E-state index is -4.29. The summed E-state index contributed by atoms with van der Waals surface area (Å²) in [5.41, 5.74) is 0. The van der Waals surface area contributed by atoms with E-state index < -0.39 is 13.9 Å². The van der Waals surface area contributed by atoms with Gasteiger partial charge in [0.25, 0.3) is 0 Å². The van der Waals surface area contributed by atoms with Crippen LogP contribution >= 0.6 is 7.82 Å². The number of hydrogen-bond donors (Lipinski definition) is 1. The molecular formula is C51H97NO7P+. The number of quaternary nitrogens is 1. The monoisotopic (exact) mass is 867 g/mol. The molecule has 352 valence electrons. The first kappa shape index (κ1) is 58.5. The van der Waals surface area contributed by atoms with Crippen LogP contribution in [0.3, 0.4) is 0 Å². The summed E-state index contributed by atoms with van der Waals surface area (Å²) in [6.45, 7) is 5.48. The van der Waals surface area contributed by atoms with E-state index in [9.17, 15) is 14.3 Å². The molecule has 2 atom stereocenters. The number of unbranched alkanes of at least 4 members (excludes halogenated alkanes) is 24. The molecule has 0 aromatic heterocycles.